The van der Waals surface area contributed by atoms with Crippen LogP contribution in [0.5, 0.6) is 0 Å². The van der Waals surface area contributed by atoms with Crippen LogP contribution in [0.1, 0.15) is 19.3 Å². The molecule has 2 rings (SSSR count). The second kappa shape index (κ2) is 4.61. The van der Waals surface area contributed by atoms with E-state index in [4.69, 9.17) is 0 Å². The lowest BCUT2D eigenvalue weighted by Gasteiger charge is -2.20. The van der Waals surface area contributed by atoms with Crippen LogP contribution in [-0.2, 0) is 0 Å². The fourth-order valence-electron chi connectivity index (χ4n) is 1.60. The van der Waals surface area contributed by atoms with Gasteiger partial charge >= 0.3 is 0 Å². The lowest BCUT2D eigenvalue weighted by Crippen LogP contribution is -2.23. The van der Waals surface area contributed by atoms with Crippen LogP contribution in [0.15, 0.2) is 27.7 Å². The minimum Gasteiger partial charge on any atom is -0.366 e. The van der Waals surface area contributed by atoms with E-state index >= 15 is 0 Å². The zero-order chi connectivity index (χ0) is 10.7. The number of aromatic amines is 1. The molecule has 80 valence electrons. The summed E-state index contributed by atoms with van der Waals surface area (Å²) in [5.74, 6) is 0.624. The van der Waals surface area contributed by atoms with Gasteiger partial charge in [-0.3, -0.25) is 4.79 Å². The average Bonchev–Trinajstić information content (AvgIpc) is 2.26. The number of H-pyrrole nitrogens is 1. The number of nitrogens with one attached hydrogen (secondary N) is 2. The third-order valence-electron chi connectivity index (χ3n) is 2.41. The Morgan fingerprint density at radius 3 is 3.13 bits per heavy atom. The SMILES string of the molecule is O=c1[nH]cnc(NC2CC=CCC2)c1Br. The summed E-state index contributed by atoms with van der Waals surface area (Å²) in [6.45, 7) is 0. The van der Waals surface area contributed by atoms with Crippen LogP contribution in [0.4, 0.5) is 5.82 Å². The average molecular weight is 270 g/mol. The topological polar surface area (TPSA) is 57.8 Å². The Hall–Kier alpha value is -1.10. The Bertz CT molecular complexity index is 427. The molecule has 0 saturated carbocycles. The maximum Gasteiger partial charge on any atom is 0.267 e. The van der Waals surface area contributed by atoms with Gasteiger partial charge < -0.3 is 10.3 Å². The highest BCUT2D eigenvalue weighted by Gasteiger charge is 2.12. The molecule has 15 heavy (non-hydrogen) atoms. The number of hydrogen-bond acceptors (Lipinski definition) is 3. The van der Waals surface area contributed by atoms with Crippen molar-refractivity contribution in [2.75, 3.05) is 5.32 Å². The summed E-state index contributed by atoms with van der Waals surface area (Å²) >= 11 is 3.22. The van der Waals surface area contributed by atoms with Gasteiger partial charge in [0.15, 0.2) is 0 Å². The van der Waals surface area contributed by atoms with Crippen LogP contribution in [0.2, 0.25) is 0 Å². The quantitative estimate of drug-likeness (QED) is 0.809. The Kier molecular flexibility index (Phi) is 3.20. The fourth-order valence-corrected chi connectivity index (χ4v) is 1.93. The van der Waals surface area contributed by atoms with Crippen LogP contribution in [0, 0.1) is 0 Å². The van der Waals surface area contributed by atoms with Crippen molar-refractivity contribution in [2.24, 2.45) is 0 Å². The molecule has 1 aromatic rings. The van der Waals surface area contributed by atoms with Crippen molar-refractivity contribution in [3.63, 3.8) is 0 Å². The summed E-state index contributed by atoms with van der Waals surface area (Å²) in [4.78, 5) is 17.9. The summed E-state index contributed by atoms with van der Waals surface area (Å²) in [5.41, 5.74) is -0.154. The van der Waals surface area contributed by atoms with E-state index in [1.54, 1.807) is 0 Å². The minimum atomic E-state index is -0.154. The van der Waals surface area contributed by atoms with Gasteiger partial charge in [-0.1, -0.05) is 12.2 Å². The lowest BCUT2D eigenvalue weighted by atomic mass is 10.0. The predicted molar refractivity (Wildman–Crippen MR) is 63.0 cm³/mol. The summed E-state index contributed by atoms with van der Waals surface area (Å²) in [6.07, 6.45) is 8.89. The molecule has 1 aliphatic rings. The van der Waals surface area contributed by atoms with Gasteiger partial charge in [-0.2, -0.15) is 0 Å². The zero-order valence-electron chi connectivity index (χ0n) is 8.16. The molecule has 0 bridgehead atoms. The number of anilines is 1. The smallest absolute Gasteiger partial charge is 0.267 e. The van der Waals surface area contributed by atoms with Crippen molar-refractivity contribution in [3.05, 3.63) is 33.3 Å². The van der Waals surface area contributed by atoms with Crippen molar-refractivity contribution < 1.29 is 0 Å². The maximum atomic E-state index is 11.3. The molecule has 0 amide bonds. The summed E-state index contributed by atoms with van der Waals surface area (Å²) in [6, 6.07) is 0.376. The maximum absolute atomic E-state index is 11.3. The molecule has 1 atom stereocenters. The van der Waals surface area contributed by atoms with Crippen molar-refractivity contribution in [3.8, 4) is 0 Å². The second-order valence-corrected chi connectivity index (χ2v) is 4.31. The number of nitrogens with zero attached hydrogens (tertiary/aromatic N) is 1. The standard InChI is InChI=1S/C10H12BrN3O/c11-8-9(12-6-13-10(8)15)14-7-4-2-1-3-5-7/h1-2,6-7H,3-5H2,(H2,12,13,14,15). The molecule has 4 nitrogen and oxygen atoms in total. The number of aromatic nitrogens is 2. The molecule has 0 spiro atoms. The highest BCUT2D eigenvalue weighted by atomic mass is 79.9. The summed E-state index contributed by atoms with van der Waals surface area (Å²) < 4.78 is 0.472. The van der Waals surface area contributed by atoms with Crippen LogP contribution in [-0.4, -0.2) is 16.0 Å². The highest BCUT2D eigenvalue weighted by molar-refractivity contribution is 9.10. The molecule has 1 aromatic heterocycles. The third-order valence-corrected chi connectivity index (χ3v) is 3.14. The predicted octanol–water partition coefficient (Wildman–Crippen LogP) is 2.05. The molecule has 1 heterocycles. The monoisotopic (exact) mass is 269 g/mol. The zero-order valence-corrected chi connectivity index (χ0v) is 9.75. The number of hydrogen-bond donors (Lipinski definition) is 2. The van der Waals surface area contributed by atoms with Gasteiger partial charge in [0.1, 0.15) is 10.3 Å². The molecule has 0 fully saturated rings. The van der Waals surface area contributed by atoms with Gasteiger partial charge in [0.05, 0.1) is 6.33 Å². The highest BCUT2D eigenvalue weighted by Crippen LogP contribution is 2.19. The second-order valence-electron chi connectivity index (χ2n) is 3.52. The van der Waals surface area contributed by atoms with E-state index in [1.165, 1.54) is 6.33 Å². The Morgan fingerprint density at radius 2 is 2.40 bits per heavy atom. The first kappa shape index (κ1) is 10.4. The third kappa shape index (κ3) is 2.47. The largest absolute Gasteiger partial charge is 0.366 e. The van der Waals surface area contributed by atoms with Gasteiger partial charge in [-0.15, -0.1) is 0 Å². The first-order valence-electron chi connectivity index (χ1n) is 4.92. The van der Waals surface area contributed by atoms with Crippen LogP contribution in [0.3, 0.4) is 0 Å². The molecule has 0 radical (unpaired) electrons. The van der Waals surface area contributed by atoms with E-state index in [-0.39, 0.29) is 5.56 Å². The Balaban J connectivity index is 2.13. The fraction of sp³-hybridized carbons (Fsp3) is 0.400. The molecular formula is C10H12BrN3O. The molecule has 0 aliphatic heterocycles. The molecule has 1 unspecified atom stereocenters. The van der Waals surface area contributed by atoms with E-state index in [1.807, 2.05) is 0 Å². The van der Waals surface area contributed by atoms with Gasteiger partial charge in [0.25, 0.3) is 5.56 Å². The van der Waals surface area contributed by atoms with Gasteiger partial charge in [0, 0.05) is 6.04 Å². The van der Waals surface area contributed by atoms with Gasteiger partial charge in [-0.25, -0.2) is 4.98 Å². The van der Waals surface area contributed by atoms with Crippen LogP contribution < -0.4 is 10.9 Å². The molecule has 5 heteroatoms. The lowest BCUT2D eigenvalue weighted by molar-refractivity contribution is 0.641. The Labute approximate surface area is 95.9 Å². The van der Waals surface area contributed by atoms with Gasteiger partial charge in [-0.05, 0) is 35.2 Å². The molecule has 0 aromatic carbocycles. The first-order chi connectivity index (χ1) is 7.27. The minimum absolute atomic E-state index is 0.154. The van der Waals surface area contributed by atoms with E-state index < -0.39 is 0 Å². The van der Waals surface area contributed by atoms with E-state index in [2.05, 4.69) is 43.4 Å². The van der Waals surface area contributed by atoms with Crippen LogP contribution in [0.25, 0.3) is 0 Å². The van der Waals surface area contributed by atoms with E-state index in [9.17, 15) is 4.79 Å². The van der Waals surface area contributed by atoms with E-state index in [0.29, 0.717) is 16.3 Å². The normalized spacial score (nSPS) is 20.2. The Morgan fingerprint density at radius 1 is 1.53 bits per heavy atom. The summed E-state index contributed by atoms with van der Waals surface area (Å²) in [7, 11) is 0. The number of halogens is 1. The van der Waals surface area contributed by atoms with Crippen molar-refractivity contribution >= 4 is 21.7 Å². The van der Waals surface area contributed by atoms with Crippen molar-refractivity contribution in [2.45, 2.75) is 25.3 Å². The van der Waals surface area contributed by atoms with E-state index in [0.717, 1.165) is 19.3 Å². The molecule has 0 saturated heterocycles. The van der Waals surface area contributed by atoms with Crippen molar-refractivity contribution in [1.82, 2.24) is 9.97 Å². The molecule has 1 aliphatic carbocycles. The first-order valence-corrected chi connectivity index (χ1v) is 5.71. The number of allylic oxidation sites excluding steroid dienone is 1. The van der Waals surface area contributed by atoms with Gasteiger partial charge in [0.2, 0.25) is 0 Å². The molecular weight excluding hydrogens is 258 g/mol. The summed E-state index contributed by atoms with van der Waals surface area (Å²) in [5, 5.41) is 3.26. The molecule has 2 N–H and O–H groups in total. The van der Waals surface area contributed by atoms with Crippen LogP contribution >= 0.6 is 15.9 Å². The van der Waals surface area contributed by atoms with Crippen molar-refractivity contribution in [1.29, 1.82) is 0 Å². The number of rotatable bonds is 2.